The van der Waals surface area contributed by atoms with Crippen molar-refractivity contribution in [3.05, 3.63) is 39.3 Å². The zero-order valence-electron chi connectivity index (χ0n) is 21.8. The second-order valence-electron chi connectivity index (χ2n) is 10.0. The van der Waals surface area contributed by atoms with Crippen LogP contribution in [0.3, 0.4) is 0 Å². The molecule has 0 aliphatic carbocycles. The fraction of sp³-hybridized carbons (Fsp3) is 0.520. The summed E-state index contributed by atoms with van der Waals surface area (Å²) in [6, 6.07) is 1.57. The van der Waals surface area contributed by atoms with E-state index in [4.69, 9.17) is 27.7 Å². The molecule has 3 heterocycles. The highest BCUT2D eigenvalue weighted by atomic mass is 35.5. The van der Waals surface area contributed by atoms with Gasteiger partial charge in [-0.2, -0.15) is 18.2 Å². The maximum absolute atomic E-state index is 13.7. The number of nitrogens with zero attached hydrogens (tertiary/aromatic N) is 4. The number of benzene rings is 1. The molecule has 1 aromatic carbocycles. The predicted molar refractivity (Wildman–Crippen MR) is 143 cm³/mol. The molecule has 1 aliphatic rings. The summed E-state index contributed by atoms with van der Waals surface area (Å²) in [7, 11) is 0. The van der Waals surface area contributed by atoms with Gasteiger partial charge in [0.15, 0.2) is 5.01 Å². The number of hydrogen-bond donors (Lipinski definition) is 2. The first-order valence-electron chi connectivity index (χ1n) is 12.4. The molecule has 0 bridgehead atoms. The molecule has 218 valence electrons. The van der Waals surface area contributed by atoms with Crippen molar-refractivity contribution in [1.29, 1.82) is 0 Å². The van der Waals surface area contributed by atoms with Crippen molar-refractivity contribution in [3.8, 4) is 21.3 Å². The van der Waals surface area contributed by atoms with Gasteiger partial charge in [0, 0.05) is 18.7 Å². The minimum absolute atomic E-state index is 0.0103. The van der Waals surface area contributed by atoms with Gasteiger partial charge in [-0.3, -0.25) is 4.79 Å². The molecule has 8 nitrogen and oxygen atoms in total. The third-order valence-electron chi connectivity index (χ3n) is 6.42. The van der Waals surface area contributed by atoms with Gasteiger partial charge >= 0.3 is 6.18 Å². The van der Waals surface area contributed by atoms with E-state index >= 15 is 0 Å². The number of halogens is 6. The van der Waals surface area contributed by atoms with Crippen LogP contribution in [0, 0.1) is 0 Å². The van der Waals surface area contributed by atoms with Crippen molar-refractivity contribution in [3.63, 3.8) is 0 Å². The van der Waals surface area contributed by atoms with Crippen LogP contribution >= 0.6 is 34.5 Å². The van der Waals surface area contributed by atoms with Crippen LogP contribution in [0.15, 0.2) is 16.7 Å². The lowest BCUT2D eigenvalue weighted by atomic mass is 10.0. The lowest BCUT2D eigenvalue weighted by Crippen LogP contribution is -2.40. The molecule has 1 aliphatic heterocycles. The van der Waals surface area contributed by atoms with Crippen LogP contribution in [0.4, 0.5) is 17.6 Å². The number of likely N-dealkylation sites (tertiary alicyclic amines) is 1. The average molecular weight is 624 g/mol. The normalized spacial score (nSPS) is 16.0. The SMILES string of the molecule is C[C@H](NCCc1ccc(-c2sc(-c3noc(C(C)(C)O)n3)nc2C(=O)N2CCC(F)CC2)c(Cl)c1Cl)C(F)(F)F. The first kappa shape index (κ1) is 30.6. The molecule has 15 heteroatoms. The van der Waals surface area contributed by atoms with Crippen molar-refractivity contribution >= 4 is 40.4 Å². The maximum Gasteiger partial charge on any atom is 0.403 e. The zero-order chi connectivity index (χ0) is 29.4. The molecule has 40 heavy (non-hydrogen) atoms. The molecule has 4 rings (SSSR count). The Hall–Kier alpha value is -2.32. The third kappa shape index (κ3) is 6.76. The Morgan fingerprint density at radius 2 is 1.90 bits per heavy atom. The minimum Gasteiger partial charge on any atom is -0.381 e. The molecule has 0 saturated carbocycles. The van der Waals surface area contributed by atoms with Gasteiger partial charge in [0.25, 0.3) is 11.8 Å². The Balaban J connectivity index is 1.68. The van der Waals surface area contributed by atoms with Crippen LogP contribution in [-0.4, -0.2) is 69.1 Å². The number of piperidine rings is 1. The van der Waals surface area contributed by atoms with E-state index in [0.29, 0.717) is 16.0 Å². The van der Waals surface area contributed by atoms with Gasteiger partial charge < -0.3 is 19.8 Å². The molecule has 0 unspecified atom stereocenters. The minimum atomic E-state index is -4.37. The zero-order valence-corrected chi connectivity index (χ0v) is 24.1. The van der Waals surface area contributed by atoms with Crippen LogP contribution in [0.1, 0.15) is 55.6 Å². The summed E-state index contributed by atoms with van der Waals surface area (Å²) < 4.78 is 57.3. The van der Waals surface area contributed by atoms with Crippen molar-refractivity contribution in [2.45, 2.75) is 64.0 Å². The second kappa shape index (κ2) is 11.9. The van der Waals surface area contributed by atoms with Crippen LogP contribution in [0.5, 0.6) is 0 Å². The van der Waals surface area contributed by atoms with Crippen molar-refractivity contribution in [2.24, 2.45) is 0 Å². The summed E-state index contributed by atoms with van der Waals surface area (Å²) >= 11 is 14.2. The van der Waals surface area contributed by atoms with E-state index in [1.165, 1.54) is 18.7 Å². The third-order valence-corrected chi connectivity index (χ3v) is 8.43. The molecule has 0 spiro atoms. The molecule has 1 fully saturated rings. The first-order chi connectivity index (χ1) is 18.7. The number of alkyl halides is 4. The summed E-state index contributed by atoms with van der Waals surface area (Å²) in [4.78, 5) is 24.1. The Bertz CT molecular complexity index is 1370. The fourth-order valence-electron chi connectivity index (χ4n) is 4.00. The molecule has 1 amide bonds. The highest BCUT2D eigenvalue weighted by Gasteiger charge is 2.35. The van der Waals surface area contributed by atoms with E-state index in [2.05, 4.69) is 20.4 Å². The van der Waals surface area contributed by atoms with Crippen LogP contribution in [0.25, 0.3) is 21.3 Å². The van der Waals surface area contributed by atoms with E-state index in [1.54, 1.807) is 12.1 Å². The van der Waals surface area contributed by atoms with Crippen molar-refractivity contribution < 1.29 is 32.0 Å². The molecule has 2 aromatic heterocycles. The number of hydrogen-bond acceptors (Lipinski definition) is 8. The number of amides is 1. The van der Waals surface area contributed by atoms with Gasteiger partial charge in [-0.25, -0.2) is 9.37 Å². The number of rotatable bonds is 8. The molecular weight excluding hydrogens is 597 g/mol. The highest BCUT2D eigenvalue weighted by molar-refractivity contribution is 7.18. The Morgan fingerprint density at radius 1 is 1.23 bits per heavy atom. The van der Waals surface area contributed by atoms with Gasteiger partial charge in [-0.15, -0.1) is 11.3 Å². The van der Waals surface area contributed by atoms with E-state index in [9.17, 15) is 27.5 Å². The first-order valence-corrected chi connectivity index (χ1v) is 14.0. The van der Waals surface area contributed by atoms with Gasteiger partial charge in [0.2, 0.25) is 5.82 Å². The summed E-state index contributed by atoms with van der Waals surface area (Å²) in [6.45, 7) is 4.42. The summed E-state index contributed by atoms with van der Waals surface area (Å²) in [5, 5.41) is 16.9. The topological polar surface area (TPSA) is 104 Å². The molecular formula is C25H27Cl2F4N5O3S. The summed E-state index contributed by atoms with van der Waals surface area (Å²) in [5.74, 6) is -0.429. The number of aromatic nitrogens is 3. The number of thiazole rings is 1. The summed E-state index contributed by atoms with van der Waals surface area (Å²) in [5.41, 5.74) is -0.461. The maximum atomic E-state index is 13.7. The van der Waals surface area contributed by atoms with Crippen molar-refractivity contribution in [1.82, 2.24) is 25.3 Å². The lowest BCUT2D eigenvalue weighted by Gasteiger charge is -2.28. The van der Waals surface area contributed by atoms with Crippen LogP contribution in [-0.2, 0) is 12.0 Å². The van der Waals surface area contributed by atoms with Crippen LogP contribution < -0.4 is 5.32 Å². The monoisotopic (exact) mass is 623 g/mol. The van der Waals surface area contributed by atoms with Gasteiger partial charge in [-0.05, 0) is 52.1 Å². The Morgan fingerprint density at radius 3 is 2.50 bits per heavy atom. The molecule has 2 N–H and O–H groups in total. The molecule has 0 radical (unpaired) electrons. The van der Waals surface area contributed by atoms with Gasteiger partial charge in [0.05, 0.1) is 14.9 Å². The quantitative estimate of drug-likeness (QED) is 0.294. The largest absolute Gasteiger partial charge is 0.403 e. The van der Waals surface area contributed by atoms with Gasteiger partial charge in [-0.1, -0.05) is 40.5 Å². The summed E-state index contributed by atoms with van der Waals surface area (Å²) in [6.07, 6.45) is -4.76. The van der Waals surface area contributed by atoms with E-state index < -0.39 is 29.9 Å². The number of carbonyl (C=O) groups excluding carboxylic acids is 1. The standard InChI is InChI=1S/C25H27Cl2F4N5O3S/c1-12(25(29,30)31)32-9-6-13-4-5-15(17(27)16(13)26)19-18(22(37)36-10-7-14(28)8-11-36)33-21(40-19)20-34-23(39-35-20)24(2,3)38/h4-5,12,14,32,38H,6-11H2,1-3H3/t12-/m0/s1. The van der Waals surface area contributed by atoms with E-state index in [1.807, 2.05) is 0 Å². The number of aliphatic hydroxyl groups is 1. The smallest absolute Gasteiger partial charge is 0.381 e. The lowest BCUT2D eigenvalue weighted by molar-refractivity contribution is -0.151. The Kier molecular flexibility index (Phi) is 9.10. The number of carbonyl (C=O) groups is 1. The highest BCUT2D eigenvalue weighted by Crippen LogP contribution is 2.42. The predicted octanol–water partition coefficient (Wildman–Crippen LogP) is 6.05. The fourth-order valence-corrected chi connectivity index (χ4v) is 5.61. The van der Waals surface area contributed by atoms with Crippen molar-refractivity contribution in [2.75, 3.05) is 19.6 Å². The number of nitrogens with one attached hydrogen (secondary N) is 1. The van der Waals surface area contributed by atoms with E-state index in [0.717, 1.165) is 18.3 Å². The Labute approximate surface area is 241 Å². The molecule has 1 atom stereocenters. The molecule has 3 aromatic rings. The van der Waals surface area contributed by atoms with Gasteiger partial charge in [0.1, 0.15) is 23.5 Å². The van der Waals surface area contributed by atoms with Crippen LogP contribution in [0.2, 0.25) is 10.0 Å². The average Bonchev–Trinajstić information content (AvgIpc) is 3.54. The molecule has 1 saturated heterocycles. The van der Waals surface area contributed by atoms with E-state index in [-0.39, 0.29) is 71.4 Å². The second-order valence-corrected chi connectivity index (χ2v) is 11.8.